The van der Waals surface area contributed by atoms with Crippen molar-refractivity contribution in [2.24, 2.45) is 0 Å². The highest BCUT2D eigenvalue weighted by molar-refractivity contribution is 7.20. The van der Waals surface area contributed by atoms with E-state index in [9.17, 15) is 4.79 Å². The molecule has 0 aliphatic carbocycles. The lowest BCUT2D eigenvalue weighted by Crippen LogP contribution is -2.52. The molecule has 2 saturated heterocycles. The first kappa shape index (κ1) is 19.9. The Hall–Kier alpha value is -2.71. The van der Waals surface area contributed by atoms with Crippen LogP contribution in [-0.4, -0.2) is 51.5 Å². The minimum atomic E-state index is 0.0814. The highest BCUT2D eigenvalue weighted by Gasteiger charge is 2.42. The molecule has 3 aliphatic rings. The first-order chi connectivity index (χ1) is 15.6. The maximum Gasteiger partial charge on any atom is 0.279 e. The average Bonchev–Trinajstić information content (AvgIpc) is 3.41. The minimum Gasteiger partial charge on any atom is -0.488 e. The number of pyridine rings is 1. The van der Waals surface area contributed by atoms with Gasteiger partial charge >= 0.3 is 0 Å². The summed E-state index contributed by atoms with van der Waals surface area (Å²) >= 11 is 1.51. The van der Waals surface area contributed by atoms with Crippen LogP contribution < -0.4 is 14.8 Å². The van der Waals surface area contributed by atoms with Crippen molar-refractivity contribution in [3.05, 3.63) is 42.2 Å². The van der Waals surface area contributed by atoms with Gasteiger partial charge in [0.2, 0.25) is 5.91 Å². The minimum absolute atomic E-state index is 0.0814. The Morgan fingerprint density at radius 2 is 2.12 bits per heavy atom. The summed E-state index contributed by atoms with van der Waals surface area (Å²) in [6.07, 6.45) is 9.13. The monoisotopic (exact) mass is 450 g/mol. The third-order valence-corrected chi connectivity index (χ3v) is 7.78. The summed E-state index contributed by atoms with van der Waals surface area (Å²) in [4.78, 5) is 22.7. The number of ether oxygens (including phenoxy) is 2. The number of thiazole rings is 1. The van der Waals surface area contributed by atoms with Gasteiger partial charge in [0, 0.05) is 50.3 Å². The molecule has 166 valence electrons. The van der Waals surface area contributed by atoms with Gasteiger partial charge in [-0.05, 0) is 43.4 Å². The van der Waals surface area contributed by atoms with Gasteiger partial charge in [-0.15, -0.1) is 0 Å². The third-order valence-electron chi connectivity index (χ3n) is 6.86. The number of carbonyl (C=O) groups excluding carboxylic acids is 1. The van der Waals surface area contributed by atoms with Crippen LogP contribution in [0.3, 0.4) is 0 Å². The van der Waals surface area contributed by atoms with E-state index in [4.69, 9.17) is 9.47 Å². The van der Waals surface area contributed by atoms with Crippen molar-refractivity contribution in [1.29, 1.82) is 0 Å². The number of hydrogen-bond acceptors (Lipinski definition) is 7. The number of fused-ring (bicyclic) bond motifs is 4. The number of nitrogens with zero attached hydrogens (tertiary/aromatic N) is 3. The van der Waals surface area contributed by atoms with Crippen LogP contribution in [0.2, 0.25) is 0 Å². The van der Waals surface area contributed by atoms with Crippen LogP contribution in [-0.2, 0) is 11.2 Å². The van der Waals surface area contributed by atoms with Crippen molar-refractivity contribution in [2.75, 3.05) is 6.54 Å². The van der Waals surface area contributed by atoms with Crippen LogP contribution in [0, 0.1) is 0 Å². The van der Waals surface area contributed by atoms with E-state index >= 15 is 0 Å². The molecule has 7 nitrogen and oxygen atoms in total. The molecule has 3 aromatic rings. The Labute approximate surface area is 190 Å². The zero-order chi connectivity index (χ0) is 21.7. The standard InChI is InChI=1S/C24H26N4O3S/c1-14(29)26-16-9-17-3-4-18(10-16)28(17)13-20-8-15-2-5-19(11-22(15)30-20)31-24-27-21-12-25-7-6-23(21)32-24/h2,5-7,11-12,16-18,20H,3-4,8-10,13H2,1H3,(H,26,29)/t16?,17-,18+,20?. The Morgan fingerprint density at radius 1 is 1.28 bits per heavy atom. The fraction of sp³-hybridized carbons (Fsp3) is 0.458. The normalized spacial score (nSPS) is 26.7. The van der Waals surface area contributed by atoms with Gasteiger partial charge in [-0.3, -0.25) is 14.7 Å². The summed E-state index contributed by atoms with van der Waals surface area (Å²) in [5.74, 6) is 1.74. The van der Waals surface area contributed by atoms with E-state index in [2.05, 4.69) is 26.3 Å². The van der Waals surface area contributed by atoms with Crippen molar-refractivity contribution in [2.45, 2.75) is 63.3 Å². The molecule has 5 heterocycles. The topological polar surface area (TPSA) is 76.6 Å². The zero-order valence-corrected chi connectivity index (χ0v) is 18.8. The Bertz CT molecular complexity index is 1120. The van der Waals surface area contributed by atoms with E-state index in [1.54, 1.807) is 19.3 Å². The van der Waals surface area contributed by atoms with Crippen molar-refractivity contribution >= 4 is 27.5 Å². The molecule has 2 fully saturated rings. The van der Waals surface area contributed by atoms with E-state index in [0.29, 0.717) is 23.3 Å². The lowest BCUT2D eigenvalue weighted by Gasteiger charge is -2.40. The summed E-state index contributed by atoms with van der Waals surface area (Å²) in [7, 11) is 0. The Balaban J connectivity index is 1.10. The van der Waals surface area contributed by atoms with Gasteiger partial charge in [-0.2, -0.15) is 0 Å². The largest absolute Gasteiger partial charge is 0.488 e. The van der Waals surface area contributed by atoms with Crippen molar-refractivity contribution in [1.82, 2.24) is 20.2 Å². The van der Waals surface area contributed by atoms with Gasteiger partial charge in [0.25, 0.3) is 5.19 Å². The van der Waals surface area contributed by atoms with Gasteiger partial charge in [-0.25, -0.2) is 4.98 Å². The van der Waals surface area contributed by atoms with Gasteiger partial charge in [0.1, 0.15) is 23.1 Å². The molecule has 4 atom stereocenters. The smallest absolute Gasteiger partial charge is 0.279 e. The second-order valence-electron chi connectivity index (χ2n) is 9.09. The van der Waals surface area contributed by atoms with E-state index in [1.807, 2.05) is 18.2 Å². The summed E-state index contributed by atoms with van der Waals surface area (Å²) in [5.41, 5.74) is 2.08. The number of rotatable bonds is 5. The predicted octanol–water partition coefficient (Wildman–Crippen LogP) is 3.92. The number of nitrogens with one attached hydrogen (secondary N) is 1. The van der Waals surface area contributed by atoms with Gasteiger partial charge < -0.3 is 14.8 Å². The number of carbonyl (C=O) groups is 1. The lowest BCUT2D eigenvalue weighted by molar-refractivity contribution is -0.120. The average molecular weight is 451 g/mol. The van der Waals surface area contributed by atoms with Crippen LogP contribution in [0.15, 0.2) is 36.7 Å². The summed E-state index contributed by atoms with van der Waals surface area (Å²) < 4.78 is 13.4. The summed E-state index contributed by atoms with van der Waals surface area (Å²) in [6.45, 7) is 2.56. The highest BCUT2D eigenvalue weighted by atomic mass is 32.1. The number of piperidine rings is 1. The van der Waals surface area contributed by atoms with Gasteiger partial charge in [0.05, 0.1) is 10.9 Å². The van der Waals surface area contributed by atoms with Crippen molar-refractivity contribution < 1.29 is 14.3 Å². The van der Waals surface area contributed by atoms with E-state index in [0.717, 1.165) is 47.5 Å². The maximum atomic E-state index is 11.5. The zero-order valence-electron chi connectivity index (χ0n) is 18.0. The molecule has 2 unspecified atom stereocenters. The molecular formula is C24H26N4O3S. The molecule has 1 amide bonds. The first-order valence-corrected chi connectivity index (χ1v) is 12.1. The number of benzene rings is 1. The fourth-order valence-electron chi connectivity index (χ4n) is 5.56. The molecular weight excluding hydrogens is 424 g/mol. The number of aromatic nitrogens is 2. The van der Waals surface area contributed by atoms with Crippen molar-refractivity contribution in [3.63, 3.8) is 0 Å². The molecule has 2 aromatic heterocycles. The second kappa shape index (κ2) is 8.01. The van der Waals surface area contributed by atoms with Gasteiger partial charge in [0.15, 0.2) is 0 Å². The third kappa shape index (κ3) is 3.82. The second-order valence-corrected chi connectivity index (χ2v) is 10.1. The molecule has 1 aromatic carbocycles. The molecule has 0 radical (unpaired) electrons. The predicted molar refractivity (Wildman–Crippen MR) is 122 cm³/mol. The van der Waals surface area contributed by atoms with Gasteiger partial charge in [-0.1, -0.05) is 17.4 Å². The molecule has 6 rings (SSSR count). The van der Waals surface area contributed by atoms with Crippen molar-refractivity contribution in [3.8, 4) is 16.7 Å². The highest BCUT2D eigenvalue weighted by Crippen LogP contribution is 2.39. The van der Waals surface area contributed by atoms with Crippen LogP contribution in [0.25, 0.3) is 10.2 Å². The molecule has 2 bridgehead atoms. The summed E-state index contributed by atoms with van der Waals surface area (Å²) in [5, 5.41) is 3.74. The first-order valence-electron chi connectivity index (χ1n) is 11.3. The maximum absolute atomic E-state index is 11.5. The van der Waals surface area contributed by atoms with Crippen LogP contribution in [0.1, 0.15) is 38.2 Å². The SMILES string of the molecule is CC(=O)NC1C[C@H]2CC[C@@H](C1)N2CC1Cc2ccc(Oc3nc4cnccc4s3)cc2O1. The summed E-state index contributed by atoms with van der Waals surface area (Å²) in [6, 6.07) is 9.45. The molecule has 8 heteroatoms. The molecule has 32 heavy (non-hydrogen) atoms. The Morgan fingerprint density at radius 3 is 2.91 bits per heavy atom. The molecule has 0 spiro atoms. The van der Waals surface area contributed by atoms with E-state index < -0.39 is 0 Å². The number of amides is 1. The lowest BCUT2D eigenvalue weighted by atomic mass is 9.96. The van der Waals surface area contributed by atoms with E-state index in [1.165, 1.54) is 29.7 Å². The van der Waals surface area contributed by atoms with E-state index in [-0.39, 0.29) is 12.0 Å². The molecule has 0 saturated carbocycles. The van der Waals surface area contributed by atoms with Crippen LogP contribution in [0.4, 0.5) is 0 Å². The Kier molecular flexibility index (Phi) is 4.99. The van der Waals surface area contributed by atoms with Crippen LogP contribution >= 0.6 is 11.3 Å². The fourth-order valence-corrected chi connectivity index (χ4v) is 6.36. The quantitative estimate of drug-likeness (QED) is 0.635. The molecule has 1 N–H and O–H groups in total. The number of hydrogen-bond donors (Lipinski definition) is 1. The molecule has 3 aliphatic heterocycles. The van der Waals surface area contributed by atoms with Crippen LogP contribution in [0.5, 0.6) is 16.7 Å².